The Morgan fingerprint density at radius 2 is 2.00 bits per heavy atom. The van der Waals surface area contributed by atoms with Crippen molar-refractivity contribution in [2.45, 2.75) is 56.2 Å². The summed E-state index contributed by atoms with van der Waals surface area (Å²) in [5.41, 5.74) is 5.75. The lowest BCUT2D eigenvalue weighted by Crippen LogP contribution is -2.47. The van der Waals surface area contributed by atoms with Gasteiger partial charge >= 0.3 is 0 Å². The Balaban J connectivity index is 1.96. The molecule has 1 aliphatic rings. The van der Waals surface area contributed by atoms with Crippen LogP contribution in [0.2, 0.25) is 0 Å². The highest BCUT2D eigenvalue weighted by Gasteiger charge is 2.28. The quantitative estimate of drug-likeness (QED) is 0.473. The van der Waals surface area contributed by atoms with Crippen molar-refractivity contribution >= 4 is 17.5 Å². The molecule has 7 heteroatoms. The third-order valence-corrected chi connectivity index (χ3v) is 5.33. The molecule has 0 aliphatic heterocycles. The molecule has 2 rings (SSSR count). The van der Waals surface area contributed by atoms with Gasteiger partial charge < -0.3 is 25.6 Å². The topological polar surface area (TPSA) is 93.8 Å². The zero-order valence-corrected chi connectivity index (χ0v) is 16.2. The summed E-state index contributed by atoms with van der Waals surface area (Å²) in [7, 11) is 3.06. The van der Waals surface area contributed by atoms with Crippen LogP contribution < -0.4 is 20.5 Å². The van der Waals surface area contributed by atoms with Crippen molar-refractivity contribution in [3.8, 4) is 11.5 Å². The first-order chi connectivity index (χ1) is 12.5. The van der Waals surface area contributed by atoms with E-state index >= 15 is 0 Å². The zero-order chi connectivity index (χ0) is 19.1. The summed E-state index contributed by atoms with van der Waals surface area (Å²) in [6, 6.07) is 4.53. The first-order valence-corrected chi connectivity index (χ1v) is 9.50. The lowest BCUT2D eigenvalue weighted by molar-refractivity contribution is -0.130. The van der Waals surface area contributed by atoms with Gasteiger partial charge in [0.25, 0.3) is 5.91 Å². The van der Waals surface area contributed by atoms with Crippen LogP contribution in [-0.4, -0.2) is 37.4 Å². The van der Waals surface area contributed by atoms with Gasteiger partial charge in [-0.05, 0) is 30.5 Å². The van der Waals surface area contributed by atoms with E-state index in [-0.39, 0.29) is 0 Å². The monoisotopic (exact) mass is 384 g/mol. The first-order valence-electron chi connectivity index (χ1n) is 9.06. The summed E-state index contributed by atoms with van der Waals surface area (Å²) in [6.07, 6.45) is 5.21. The van der Waals surface area contributed by atoms with Gasteiger partial charge in [0.05, 0.1) is 14.2 Å². The fraction of sp³-hybridized carbons (Fsp3) is 0.632. The lowest BCUT2D eigenvalue weighted by atomic mass is 9.84. The maximum atomic E-state index is 12.4. The number of benzene rings is 1. The first kappa shape index (κ1) is 20.8. The van der Waals surface area contributed by atoms with Crippen LogP contribution >= 0.6 is 11.6 Å². The Labute approximate surface area is 160 Å². The average molecular weight is 385 g/mol. The fourth-order valence-electron chi connectivity index (χ4n) is 3.46. The van der Waals surface area contributed by atoms with E-state index in [0.29, 0.717) is 29.4 Å². The maximum absolute atomic E-state index is 12.4. The molecule has 3 atom stereocenters. The molecule has 0 spiro atoms. The lowest BCUT2D eigenvalue weighted by Gasteiger charge is -2.27. The number of aliphatic hydroxyl groups excluding tert-OH is 1. The molecule has 2 unspecified atom stereocenters. The van der Waals surface area contributed by atoms with E-state index in [2.05, 4.69) is 5.32 Å². The van der Waals surface area contributed by atoms with Gasteiger partial charge in [-0.25, -0.2) is 0 Å². The molecule has 1 amide bonds. The summed E-state index contributed by atoms with van der Waals surface area (Å²) in [6.45, 7) is 0. The molecule has 1 fully saturated rings. The van der Waals surface area contributed by atoms with Crippen LogP contribution in [0, 0.1) is 5.92 Å². The summed E-state index contributed by atoms with van der Waals surface area (Å²) in [5, 5.41) is 12.9. The van der Waals surface area contributed by atoms with E-state index < -0.39 is 23.6 Å². The van der Waals surface area contributed by atoms with E-state index in [9.17, 15) is 9.90 Å². The van der Waals surface area contributed by atoms with Gasteiger partial charge in [0.2, 0.25) is 0 Å². The maximum Gasteiger partial charge on any atom is 0.251 e. The Hall–Kier alpha value is -1.50. The van der Waals surface area contributed by atoms with Crippen molar-refractivity contribution in [2.75, 3.05) is 14.2 Å². The number of ether oxygens (including phenoxy) is 2. The highest BCUT2D eigenvalue weighted by Crippen LogP contribution is 2.32. The van der Waals surface area contributed by atoms with Gasteiger partial charge in [-0.1, -0.05) is 43.7 Å². The van der Waals surface area contributed by atoms with E-state index in [1.165, 1.54) is 26.4 Å². The van der Waals surface area contributed by atoms with E-state index in [0.717, 1.165) is 12.8 Å². The number of carbonyl (C=O) groups is 1. The van der Waals surface area contributed by atoms with Crippen molar-refractivity contribution in [2.24, 2.45) is 11.7 Å². The van der Waals surface area contributed by atoms with Crippen LogP contribution in [0.25, 0.3) is 0 Å². The van der Waals surface area contributed by atoms with Crippen molar-refractivity contribution in [1.82, 2.24) is 5.32 Å². The highest BCUT2D eigenvalue weighted by atomic mass is 35.5. The number of nitrogens with one attached hydrogen (secondary N) is 1. The zero-order valence-electron chi connectivity index (χ0n) is 15.4. The molecule has 0 bridgehead atoms. The number of nitrogens with two attached hydrogens (primary N) is 1. The normalized spacial score (nSPS) is 18.7. The largest absolute Gasteiger partial charge is 0.497 e. The number of carbonyl (C=O) groups excluding carboxylic acids is 1. The van der Waals surface area contributed by atoms with Gasteiger partial charge in [-0.3, -0.25) is 4.79 Å². The average Bonchev–Trinajstić information content (AvgIpc) is 2.67. The Kier molecular flexibility index (Phi) is 8.00. The van der Waals surface area contributed by atoms with Crippen molar-refractivity contribution < 1.29 is 19.4 Å². The van der Waals surface area contributed by atoms with Crippen molar-refractivity contribution in [1.29, 1.82) is 0 Å². The molecule has 26 heavy (non-hydrogen) atoms. The number of methoxy groups -OCH3 is 2. The van der Waals surface area contributed by atoms with Gasteiger partial charge in [0, 0.05) is 11.6 Å². The Morgan fingerprint density at radius 1 is 1.31 bits per heavy atom. The molecule has 0 saturated heterocycles. The van der Waals surface area contributed by atoms with Crippen molar-refractivity contribution in [3.05, 3.63) is 23.8 Å². The minimum atomic E-state index is -1.30. The van der Waals surface area contributed by atoms with Crippen LogP contribution in [0.3, 0.4) is 0 Å². The van der Waals surface area contributed by atoms with Gasteiger partial charge in [-0.2, -0.15) is 0 Å². The number of alkyl halides is 1. The summed E-state index contributed by atoms with van der Waals surface area (Å²) < 4.78 is 10.5. The number of aliphatic hydroxyl groups is 1. The molecule has 4 N–H and O–H groups in total. The highest BCUT2D eigenvalue weighted by molar-refractivity contribution is 6.21. The molecule has 1 aromatic carbocycles. The van der Waals surface area contributed by atoms with Crippen LogP contribution in [0.4, 0.5) is 0 Å². The third kappa shape index (κ3) is 5.50. The third-order valence-electron chi connectivity index (χ3n) is 4.98. The second-order valence-corrected chi connectivity index (χ2v) is 7.26. The molecule has 1 aromatic rings. The van der Waals surface area contributed by atoms with Crippen LogP contribution in [0.15, 0.2) is 18.2 Å². The summed E-state index contributed by atoms with van der Waals surface area (Å²) in [5.74, 6) is 1.01. The molecule has 0 radical (unpaired) electrons. The predicted molar refractivity (Wildman–Crippen MR) is 101 cm³/mol. The molecular formula is C19H29ClN2O4. The standard InChI is InChI=1S/C19H29ClN2O4/c1-25-13-8-9-16(26-2)14(11-13)18(20)22-19(24)17(23)15(21)10-12-6-4-3-5-7-12/h8-9,11-12,15,17-18,23H,3-7,10,21H2,1-2H3,(H,22,24)/t15-,17?,18?/m1/s1. The van der Waals surface area contributed by atoms with Crippen LogP contribution in [-0.2, 0) is 4.79 Å². The molecule has 0 heterocycles. The van der Waals surface area contributed by atoms with Crippen LogP contribution in [0.1, 0.15) is 49.6 Å². The smallest absolute Gasteiger partial charge is 0.251 e. The van der Waals surface area contributed by atoms with E-state index in [4.69, 9.17) is 26.8 Å². The number of hydrogen-bond acceptors (Lipinski definition) is 5. The molecule has 146 valence electrons. The molecule has 0 aromatic heterocycles. The summed E-state index contributed by atoms with van der Waals surface area (Å²) in [4.78, 5) is 12.4. The molecule has 6 nitrogen and oxygen atoms in total. The number of halogens is 1. The van der Waals surface area contributed by atoms with Gasteiger partial charge in [-0.15, -0.1) is 0 Å². The SMILES string of the molecule is COc1ccc(OC)c(C(Cl)NC(=O)C(O)[C@H](N)CC2CCCCC2)c1. The molecule has 1 saturated carbocycles. The van der Waals surface area contributed by atoms with Gasteiger partial charge in [0.1, 0.15) is 23.1 Å². The Bertz CT molecular complexity index is 593. The second kappa shape index (κ2) is 10.00. The second-order valence-electron chi connectivity index (χ2n) is 6.83. The number of rotatable bonds is 8. The molecule has 1 aliphatic carbocycles. The minimum Gasteiger partial charge on any atom is -0.497 e. The predicted octanol–water partition coefficient (Wildman–Crippen LogP) is 2.72. The minimum absolute atomic E-state index is 0.478. The number of hydrogen-bond donors (Lipinski definition) is 3. The van der Waals surface area contributed by atoms with Crippen LogP contribution in [0.5, 0.6) is 11.5 Å². The summed E-state index contributed by atoms with van der Waals surface area (Å²) >= 11 is 6.34. The van der Waals surface area contributed by atoms with Crippen molar-refractivity contribution in [3.63, 3.8) is 0 Å². The van der Waals surface area contributed by atoms with E-state index in [1.54, 1.807) is 25.3 Å². The van der Waals surface area contributed by atoms with E-state index in [1.807, 2.05) is 0 Å². The molecular weight excluding hydrogens is 356 g/mol. The fourth-order valence-corrected chi connectivity index (χ4v) is 3.73. The van der Waals surface area contributed by atoms with Gasteiger partial charge in [0.15, 0.2) is 0 Å². The Morgan fingerprint density at radius 3 is 2.62 bits per heavy atom. The number of amides is 1.